The Morgan fingerprint density at radius 2 is 1.40 bits per heavy atom. The number of ether oxygens (including phenoxy) is 1. The average Bonchev–Trinajstić information content (AvgIpc) is 1.99. The molecule has 0 N–H and O–H groups in total. The summed E-state index contributed by atoms with van der Waals surface area (Å²) in [7, 11) is 0. The summed E-state index contributed by atoms with van der Waals surface area (Å²) in [4.78, 5) is 19.8. The Balaban J connectivity index is 4.47. The van der Waals surface area contributed by atoms with Gasteiger partial charge in [0.05, 0.1) is 0 Å². The van der Waals surface area contributed by atoms with E-state index < -0.39 is 30.5 Å². The normalized spacial score (nSPS) is 14.6. The molecule has 10 heteroatoms. The predicted octanol–water partition coefficient (Wildman–Crippen LogP) is 1.52. The van der Waals surface area contributed by atoms with Gasteiger partial charge >= 0.3 is 24.3 Å². The van der Waals surface area contributed by atoms with Crippen LogP contribution >= 0.6 is 0 Å². The molecule has 3 nitrogen and oxygen atoms in total. The van der Waals surface area contributed by atoms with Crippen LogP contribution in [0.3, 0.4) is 0 Å². The Bertz CT molecular complexity index is 265. The van der Waals surface area contributed by atoms with E-state index in [-0.39, 0.29) is 0 Å². The van der Waals surface area contributed by atoms with Crippen LogP contribution in [0.15, 0.2) is 0 Å². The summed E-state index contributed by atoms with van der Waals surface area (Å²) in [5, 5.41) is 0. The number of hydrogen-bond acceptors (Lipinski definition) is 3. The molecule has 0 saturated carbocycles. The second kappa shape index (κ2) is 4.03. The zero-order chi connectivity index (χ0) is 12.4. The Hall–Kier alpha value is -1.35. The zero-order valence-electron chi connectivity index (χ0n) is 6.45. The van der Waals surface area contributed by atoms with Gasteiger partial charge in [-0.15, -0.1) is 0 Å². The number of rotatable bonds is 1. The van der Waals surface area contributed by atoms with Crippen LogP contribution in [0, 0.1) is 0 Å². The highest BCUT2D eigenvalue weighted by Gasteiger charge is 2.50. The maximum atomic E-state index is 11.9. The first-order chi connectivity index (χ1) is 6.46. The van der Waals surface area contributed by atoms with E-state index >= 15 is 0 Å². The molecule has 0 heterocycles. The van der Waals surface area contributed by atoms with Gasteiger partial charge in [-0.25, -0.2) is 14.0 Å². The number of hydrogen-bond donors (Lipinski definition) is 0. The van der Waals surface area contributed by atoms with Crippen molar-refractivity contribution in [3.63, 3.8) is 0 Å². The van der Waals surface area contributed by atoms with Gasteiger partial charge in [0.15, 0.2) is 0 Å². The quantitative estimate of drug-likeness (QED) is 0.397. The monoisotopic (exact) mass is 242 g/mol. The van der Waals surface area contributed by atoms with Gasteiger partial charge in [-0.05, 0) is 0 Å². The molecular weight excluding hydrogens is 241 g/mol. The van der Waals surface area contributed by atoms with Gasteiger partial charge in [0, 0.05) is 0 Å². The molecular formula is C5HF7O3. The molecule has 0 saturated heterocycles. The first-order valence-corrected chi connectivity index (χ1v) is 3.00. The van der Waals surface area contributed by atoms with Crippen LogP contribution in [-0.2, 0) is 14.3 Å². The molecule has 88 valence electrons. The SMILES string of the molecule is O=C(OC(=O)C(F)(F)F)C(F)C(F)(F)F. The maximum absolute atomic E-state index is 11.9. The molecule has 1 atom stereocenters. The topological polar surface area (TPSA) is 43.4 Å². The minimum Gasteiger partial charge on any atom is -0.384 e. The van der Waals surface area contributed by atoms with Crippen molar-refractivity contribution in [3.05, 3.63) is 0 Å². The van der Waals surface area contributed by atoms with E-state index in [9.17, 15) is 40.3 Å². The Morgan fingerprint density at radius 3 is 1.67 bits per heavy atom. The van der Waals surface area contributed by atoms with E-state index in [4.69, 9.17) is 0 Å². The van der Waals surface area contributed by atoms with Crippen molar-refractivity contribution in [2.24, 2.45) is 0 Å². The molecule has 0 radical (unpaired) electrons. The van der Waals surface area contributed by atoms with Crippen LogP contribution in [0.1, 0.15) is 0 Å². The van der Waals surface area contributed by atoms with E-state index in [1.165, 1.54) is 0 Å². The van der Waals surface area contributed by atoms with Gasteiger partial charge in [-0.2, -0.15) is 26.3 Å². The van der Waals surface area contributed by atoms with Crippen LogP contribution in [0.5, 0.6) is 0 Å². The van der Waals surface area contributed by atoms with Gasteiger partial charge in [0.2, 0.25) is 0 Å². The van der Waals surface area contributed by atoms with Crippen LogP contribution in [0.25, 0.3) is 0 Å². The standard InChI is InChI=1S/C5HF7O3/c6-1(4(7,8)9)2(13)15-3(14)5(10,11)12/h1H. The summed E-state index contributed by atoms with van der Waals surface area (Å²) >= 11 is 0. The fraction of sp³-hybridized carbons (Fsp3) is 0.600. The fourth-order valence-electron chi connectivity index (χ4n) is 0.335. The van der Waals surface area contributed by atoms with Crippen LogP contribution in [0.2, 0.25) is 0 Å². The predicted molar refractivity (Wildman–Crippen MR) is 28.1 cm³/mol. The lowest BCUT2D eigenvalue weighted by atomic mass is 10.4. The summed E-state index contributed by atoms with van der Waals surface area (Å²) in [6.45, 7) is 0. The van der Waals surface area contributed by atoms with Gasteiger partial charge in [-0.3, -0.25) is 0 Å². The third kappa shape index (κ3) is 4.13. The lowest BCUT2D eigenvalue weighted by molar-refractivity contribution is -0.217. The largest absolute Gasteiger partial charge is 0.491 e. The zero-order valence-corrected chi connectivity index (χ0v) is 6.45. The highest BCUT2D eigenvalue weighted by atomic mass is 19.4. The first-order valence-electron chi connectivity index (χ1n) is 3.00. The second-order valence-electron chi connectivity index (χ2n) is 2.11. The average molecular weight is 242 g/mol. The van der Waals surface area contributed by atoms with Crippen molar-refractivity contribution in [2.75, 3.05) is 0 Å². The highest BCUT2D eigenvalue weighted by Crippen LogP contribution is 2.25. The van der Waals surface area contributed by atoms with E-state index in [1.54, 1.807) is 0 Å². The van der Waals surface area contributed by atoms with Gasteiger partial charge in [-0.1, -0.05) is 0 Å². The third-order valence-corrected chi connectivity index (χ3v) is 0.919. The molecule has 0 bridgehead atoms. The van der Waals surface area contributed by atoms with Gasteiger partial charge in [0.1, 0.15) is 0 Å². The molecule has 0 rings (SSSR count). The fourth-order valence-corrected chi connectivity index (χ4v) is 0.335. The number of carbonyl (C=O) groups is 2. The molecule has 1 unspecified atom stereocenters. The molecule has 0 aliphatic rings. The van der Waals surface area contributed by atoms with Crippen LogP contribution in [-0.4, -0.2) is 30.5 Å². The number of halogens is 7. The first kappa shape index (κ1) is 13.7. The summed E-state index contributed by atoms with van der Waals surface area (Å²) in [6.07, 6.45) is -15.7. The summed E-state index contributed by atoms with van der Waals surface area (Å²) in [5.41, 5.74) is 0. The second-order valence-corrected chi connectivity index (χ2v) is 2.11. The van der Waals surface area contributed by atoms with E-state index in [0.717, 1.165) is 0 Å². The molecule has 0 aliphatic carbocycles. The molecule has 0 aliphatic heterocycles. The van der Waals surface area contributed by atoms with Crippen LogP contribution < -0.4 is 0 Å². The van der Waals surface area contributed by atoms with E-state index in [0.29, 0.717) is 0 Å². The summed E-state index contributed by atoms with van der Waals surface area (Å²) in [6, 6.07) is 0. The van der Waals surface area contributed by atoms with E-state index in [2.05, 4.69) is 4.74 Å². The lowest BCUT2D eigenvalue weighted by Gasteiger charge is -2.11. The molecule has 0 aromatic rings. The van der Waals surface area contributed by atoms with Gasteiger partial charge < -0.3 is 4.74 Å². The van der Waals surface area contributed by atoms with Crippen molar-refractivity contribution in [1.29, 1.82) is 0 Å². The smallest absolute Gasteiger partial charge is 0.384 e. The molecule has 0 aromatic heterocycles. The van der Waals surface area contributed by atoms with Crippen LogP contribution in [0.4, 0.5) is 30.7 Å². The summed E-state index contributed by atoms with van der Waals surface area (Å²) in [5.74, 6) is -6.16. The van der Waals surface area contributed by atoms with Crippen molar-refractivity contribution in [3.8, 4) is 0 Å². The minimum absolute atomic E-state index is 2.61. The van der Waals surface area contributed by atoms with Crippen molar-refractivity contribution < 1.29 is 45.1 Å². The highest BCUT2D eigenvalue weighted by molar-refractivity contribution is 5.90. The van der Waals surface area contributed by atoms with E-state index in [1.807, 2.05) is 0 Å². The minimum atomic E-state index is -5.72. The molecule has 15 heavy (non-hydrogen) atoms. The number of carbonyl (C=O) groups excluding carboxylic acids is 2. The van der Waals surface area contributed by atoms with Gasteiger partial charge in [0.25, 0.3) is 6.17 Å². The molecule has 0 spiro atoms. The maximum Gasteiger partial charge on any atom is 0.491 e. The van der Waals surface area contributed by atoms with Crippen molar-refractivity contribution in [2.45, 2.75) is 18.5 Å². The lowest BCUT2D eigenvalue weighted by Crippen LogP contribution is -2.38. The number of esters is 2. The molecule has 0 fully saturated rings. The molecule has 0 amide bonds. The molecule has 0 aromatic carbocycles. The summed E-state index contributed by atoms with van der Waals surface area (Å²) < 4.78 is 82.7. The Morgan fingerprint density at radius 1 is 1.00 bits per heavy atom. The van der Waals surface area contributed by atoms with Crippen molar-refractivity contribution in [1.82, 2.24) is 0 Å². The Kier molecular flexibility index (Phi) is 3.66. The van der Waals surface area contributed by atoms with Crippen molar-refractivity contribution >= 4 is 11.9 Å². The number of alkyl halides is 7. The Labute approximate surface area is 76.8 Å². The third-order valence-electron chi connectivity index (χ3n) is 0.919.